The molecule has 0 spiro atoms. The number of allylic oxidation sites excluding steroid dienone is 1. The Kier molecular flexibility index (Phi) is 4.10. The molecule has 1 aliphatic rings. The highest BCUT2D eigenvalue weighted by molar-refractivity contribution is 5.42. The number of nitrogens with one attached hydrogen (secondary N) is 1. The second-order valence-electron chi connectivity index (χ2n) is 4.74. The lowest BCUT2D eigenvalue weighted by molar-refractivity contribution is -0.385. The van der Waals surface area contributed by atoms with Gasteiger partial charge in [0.15, 0.2) is 0 Å². The van der Waals surface area contributed by atoms with E-state index in [-0.39, 0.29) is 10.6 Å². The maximum Gasteiger partial charge on any atom is 0.272 e. The quantitative estimate of drug-likeness (QED) is 0.504. The van der Waals surface area contributed by atoms with Gasteiger partial charge in [-0.3, -0.25) is 10.1 Å². The van der Waals surface area contributed by atoms with Gasteiger partial charge in [0.05, 0.1) is 4.92 Å². The van der Waals surface area contributed by atoms with Crippen LogP contribution in [0, 0.1) is 17.0 Å². The molecule has 0 aromatic heterocycles. The number of nitro groups is 1. The highest BCUT2D eigenvalue weighted by Crippen LogP contribution is 2.19. The molecule has 1 unspecified atom stereocenters. The largest absolute Gasteiger partial charge is 0.310 e. The fraction of sp³-hybridized carbons (Fsp3) is 0.429. The van der Waals surface area contributed by atoms with Crippen LogP contribution in [0.25, 0.3) is 0 Å². The molecule has 0 saturated heterocycles. The predicted octanol–water partition coefficient (Wildman–Crippen LogP) is 3.10. The molecular weight excluding hydrogens is 228 g/mol. The van der Waals surface area contributed by atoms with E-state index in [1.807, 2.05) is 12.1 Å². The number of hydrogen-bond acceptors (Lipinski definition) is 3. The summed E-state index contributed by atoms with van der Waals surface area (Å²) in [6.07, 6.45) is 7.71. The van der Waals surface area contributed by atoms with E-state index in [4.69, 9.17) is 0 Å². The smallest absolute Gasteiger partial charge is 0.272 e. The molecule has 0 aliphatic heterocycles. The lowest BCUT2D eigenvalue weighted by Crippen LogP contribution is -2.29. The van der Waals surface area contributed by atoms with Gasteiger partial charge >= 0.3 is 0 Å². The number of benzene rings is 1. The molecule has 96 valence electrons. The molecule has 18 heavy (non-hydrogen) atoms. The van der Waals surface area contributed by atoms with Crippen LogP contribution in [0.5, 0.6) is 0 Å². The summed E-state index contributed by atoms with van der Waals surface area (Å²) in [4.78, 5) is 10.5. The molecule has 0 bridgehead atoms. The first-order chi connectivity index (χ1) is 8.66. The summed E-state index contributed by atoms with van der Waals surface area (Å²) < 4.78 is 0. The van der Waals surface area contributed by atoms with Crippen molar-refractivity contribution >= 4 is 5.69 Å². The van der Waals surface area contributed by atoms with Crippen molar-refractivity contribution < 1.29 is 4.92 Å². The Bertz CT molecular complexity index is 469. The highest BCUT2D eigenvalue weighted by atomic mass is 16.6. The Morgan fingerprint density at radius 1 is 1.44 bits per heavy atom. The third-order valence-corrected chi connectivity index (χ3v) is 3.33. The molecule has 0 saturated carbocycles. The van der Waals surface area contributed by atoms with E-state index >= 15 is 0 Å². The van der Waals surface area contributed by atoms with E-state index in [1.54, 1.807) is 13.0 Å². The van der Waals surface area contributed by atoms with Crippen LogP contribution in [0.4, 0.5) is 5.69 Å². The molecule has 0 heterocycles. The molecule has 2 rings (SSSR count). The molecule has 1 atom stereocenters. The Hall–Kier alpha value is -1.68. The zero-order valence-electron chi connectivity index (χ0n) is 10.6. The van der Waals surface area contributed by atoms with E-state index < -0.39 is 0 Å². The minimum atomic E-state index is -0.317. The molecule has 0 radical (unpaired) electrons. The molecular formula is C14H18N2O2. The minimum Gasteiger partial charge on any atom is -0.310 e. The first-order valence-electron chi connectivity index (χ1n) is 6.29. The van der Waals surface area contributed by atoms with Crippen molar-refractivity contribution in [2.24, 2.45) is 0 Å². The van der Waals surface area contributed by atoms with Gasteiger partial charge in [-0.05, 0) is 31.7 Å². The van der Waals surface area contributed by atoms with Gasteiger partial charge in [-0.25, -0.2) is 0 Å². The second kappa shape index (κ2) is 5.78. The third-order valence-electron chi connectivity index (χ3n) is 3.33. The van der Waals surface area contributed by atoms with Crippen molar-refractivity contribution in [1.82, 2.24) is 5.32 Å². The number of aryl methyl sites for hydroxylation is 1. The molecule has 1 N–H and O–H groups in total. The first-order valence-corrected chi connectivity index (χ1v) is 6.29. The molecule has 4 nitrogen and oxygen atoms in total. The van der Waals surface area contributed by atoms with Crippen LogP contribution in [0.15, 0.2) is 30.4 Å². The Balaban J connectivity index is 1.99. The summed E-state index contributed by atoms with van der Waals surface area (Å²) in [6, 6.07) is 5.93. The number of rotatable bonds is 4. The van der Waals surface area contributed by atoms with Gasteiger partial charge in [-0.1, -0.05) is 24.3 Å². The Morgan fingerprint density at radius 3 is 2.94 bits per heavy atom. The molecule has 0 fully saturated rings. The summed E-state index contributed by atoms with van der Waals surface area (Å²) in [5.74, 6) is 0. The number of nitro benzene ring substituents is 1. The van der Waals surface area contributed by atoms with E-state index in [0.717, 1.165) is 24.8 Å². The average Bonchev–Trinajstić information content (AvgIpc) is 2.38. The van der Waals surface area contributed by atoms with E-state index in [2.05, 4.69) is 17.5 Å². The van der Waals surface area contributed by atoms with Gasteiger partial charge in [0.2, 0.25) is 0 Å². The highest BCUT2D eigenvalue weighted by Gasteiger charge is 2.12. The van der Waals surface area contributed by atoms with Crippen LogP contribution in [0.2, 0.25) is 0 Å². The van der Waals surface area contributed by atoms with Gasteiger partial charge in [0.1, 0.15) is 0 Å². The lowest BCUT2D eigenvalue weighted by Gasteiger charge is -2.19. The van der Waals surface area contributed by atoms with E-state index in [0.29, 0.717) is 18.2 Å². The zero-order chi connectivity index (χ0) is 13.0. The lowest BCUT2D eigenvalue weighted by atomic mass is 10.0. The number of hydrogen-bond donors (Lipinski definition) is 1. The maximum absolute atomic E-state index is 10.9. The van der Waals surface area contributed by atoms with Gasteiger partial charge < -0.3 is 5.32 Å². The van der Waals surface area contributed by atoms with Crippen LogP contribution in [0.1, 0.15) is 30.4 Å². The van der Waals surface area contributed by atoms with Crippen molar-refractivity contribution in [2.45, 2.75) is 38.8 Å². The van der Waals surface area contributed by atoms with Crippen LogP contribution in [-0.2, 0) is 6.54 Å². The summed E-state index contributed by atoms with van der Waals surface area (Å²) in [7, 11) is 0. The fourth-order valence-electron chi connectivity index (χ4n) is 2.20. The van der Waals surface area contributed by atoms with Crippen molar-refractivity contribution in [3.8, 4) is 0 Å². The SMILES string of the molecule is Cc1ccc(CNC2CC=CCC2)cc1[N+](=O)[O-]. The predicted molar refractivity (Wildman–Crippen MR) is 71.5 cm³/mol. The summed E-state index contributed by atoms with van der Waals surface area (Å²) in [5, 5.41) is 14.3. The number of nitrogens with zero attached hydrogens (tertiary/aromatic N) is 1. The molecule has 0 amide bonds. The van der Waals surface area contributed by atoms with Crippen LogP contribution in [-0.4, -0.2) is 11.0 Å². The first kappa shape index (κ1) is 12.8. The van der Waals surface area contributed by atoms with Gasteiger partial charge in [-0.2, -0.15) is 0 Å². The summed E-state index contributed by atoms with van der Waals surface area (Å²) >= 11 is 0. The summed E-state index contributed by atoms with van der Waals surface area (Å²) in [6.45, 7) is 2.46. The van der Waals surface area contributed by atoms with Crippen LogP contribution >= 0.6 is 0 Å². The topological polar surface area (TPSA) is 55.2 Å². The third kappa shape index (κ3) is 3.17. The fourth-order valence-corrected chi connectivity index (χ4v) is 2.20. The van der Waals surface area contributed by atoms with Crippen molar-refractivity contribution in [2.75, 3.05) is 0 Å². The molecule has 1 aliphatic carbocycles. The Morgan fingerprint density at radius 2 is 2.28 bits per heavy atom. The van der Waals surface area contributed by atoms with Crippen molar-refractivity contribution in [3.05, 3.63) is 51.6 Å². The standard InChI is InChI=1S/C14H18N2O2/c1-11-7-8-12(9-14(11)16(17)18)10-15-13-5-3-2-4-6-13/h2-3,7-9,13,15H,4-6,10H2,1H3. The zero-order valence-corrected chi connectivity index (χ0v) is 10.6. The second-order valence-corrected chi connectivity index (χ2v) is 4.74. The van der Waals surface area contributed by atoms with Crippen LogP contribution in [0.3, 0.4) is 0 Å². The minimum absolute atomic E-state index is 0.206. The van der Waals surface area contributed by atoms with Gasteiger partial charge in [0.25, 0.3) is 5.69 Å². The molecule has 1 aromatic carbocycles. The van der Waals surface area contributed by atoms with Crippen LogP contribution < -0.4 is 5.32 Å². The van der Waals surface area contributed by atoms with Crippen molar-refractivity contribution in [3.63, 3.8) is 0 Å². The molecule has 4 heteroatoms. The average molecular weight is 246 g/mol. The summed E-state index contributed by atoms with van der Waals surface area (Å²) in [5.41, 5.74) is 1.89. The van der Waals surface area contributed by atoms with E-state index in [9.17, 15) is 10.1 Å². The van der Waals surface area contributed by atoms with Gasteiger partial charge in [0, 0.05) is 24.2 Å². The molecule has 1 aromatic rings. The van der Waals surface area contributed by atoms with E-state index in [1.165, 1.54) is 0 Å². The maximum atomic E-state index is 10.9. The van der Waals surface area contributed by atoms with Gasteiger partial charge in [-0.15, -0.1) is 0 Å². The normalized spacial score (nSPS) is 18.8. The monoisotopic (exact) mass is 246 g/mol. The Labute approximate surface area is 107 Å². The van der Waals surface area contributed by atoms with Crippen molar-refractivity contribution in [1.29, 1.82) is 0 Å².